The molecule has 12 heavy (non-hydrogen) atoms. The van der Waals surface area contributed by atoms with E-state index in [1.54, 1.807) is 0 Å². The molecule has 1 aliphatic rings. The van der Waals surface area contributed by atoms with Crippen molar-refractivity contribution in [1.29, 1.82) is 0 Å². The van der Waals surface area contributed by atoms with Gasteiger partial charge in [-0.15, -0.1) is 0 Å². The summed E-state index contributed by atoms with van der Waals surface area (Å²) in [4.78, 5) is 10.7. The van der Waals surface area contributed by atoms with E-state index in [2.05, 4.69) is 10.5 Å². The molecule has 0 spiro atoms. The minimum atomic E-state index is -0.494. The van der Waals surface area contributed by atoms with Crippen molar-refractivity contribution in [2.75, 3.05) is 0 Å². The van der Waals surface area contributed by atoms with Crippen LogP contribution in [-0.2, 0) is 37.5 Å². The maximum atomic E-state index is 10.7. The van der Waals surface area contributed by atoms with Crippen molar-refractivity contribution in [3.05, 3.63) is 5.43 Å². The summed E-state index contributed by atoms with van der Waals surface area (Å²) in [6.45, 7) is 5.75. The number of nitrogens with zero attached hydrogens (tertiary/aromatic N) is 2. The second-order valence-corrected chi connectivity index (χ2v) is 3.58. The molecule has 0 aromatic carbocycles. The Bertz CT molecular complexity index is 227. The Morgan fingerprint density at radius 2 is 2.17 bits per heavy atom. The minimum Gasteiger partial charge on any atom is -0.596 e. The summed E-state index contributed by atoms with van der Waals surface area (Å²) in [5.74, 6) is 0.0208. The van der Waals surface area contributed by atoms with E-state index >= 15 is 0 Å². The smallest absolute Gasteiger partial charge is 0.265 e. The average Bonchev–Trinajstić information content (AvgIpc) is 2.09. The van der Waals surface area contributed by atoms with Crippen LogP contribution in [-0.4, -0.2) is 16.5 Å². The topological polar surface area (TPSA) is 43.5 Å². The van der Waals surface area contributed by atoms with Crippen molar-refractivity contribution in [3.8, 4) is 0 Å². The van der Waals surface area contributed by atoms with Crippen LogP contribution >= 0.6 is 11.6 Å². The van der Waals surface area contributed by atoms with Crippen LogP contribution in [0.5, 0.6) is 0 Å². The maximum Gasteiger partial charge on any atom is 0.265 e. The van der Waals surface area contributed by atoms with Gasteiger partial charge in [-0.05, 0) is 17.5 Å². The van der Waals surface area contributed by atoms with E-state index in [0.717, 1.165) is 0 Å². The average molecular weight is 263 g/mol. The van der Waals surface area contributed by atoms with Gasteiger partial charge in [-0.2, -0.15) is 0 Å². The molecule has 1 rings (SSSR count). The van der Waals surface area contributed by atoms with Gasteiger partial charge < -0.3 is 10.5 Å². The van der Waals surface area contributed by atoms with E-state index < -0.39 is 5.24 Å². The second kappa shape index (κ2) is 4.16. The number of rotatable bonds is 1. The first-order valence-electron chi connectivity index (χ1n) is 3.45. The second-order valence-electron chi connectivity index (χ2n) is 3.23. The summed E-state index contributed by atoms with van der Waals surface area (Å²) in [7, 11) is 0. The van der Waals surface area contributed by atoms with Crippen molar-refractivity contribution in [2.45, 2.75) is 26.3 Å². The summed E-state index contributed by atoms with van der Waals surface area (Å²) in [5, 5.41) is 3.24. The first-order valence-corrected chi connectivity index (χ1v) is 3.82. The third kappa shape index (κ3) is 2.27. The summed E-state index contributed by atoms with van der Waals surface area (Å²) in [6, 6.07) is 0. The van der Waals surface area contributed by atoms with Gasteiger partial charge in [0.1, 0.15) is 0 Å². The normalized spacial score (nSPS) is 25.3. The molecule has 1 atom stereocenters. The molecule has 0 aromatic heterocycles. The van der Waals surface area contributed by atoms with Crippen LogP contribution in [0.2, 0.25) is 0 Å². The van der Waals surface area contributed by atoms with Crippen LogP contribution in [0.4, 0.5) is 0 Å². The summed E-state index contributed by atoms with van der Waals surface area (Å²) in [6.07, 6.45) is 0. The Kier molecular flexibility index (Phi) is 4.35. The molecular weight excluding hydrogens is 252 g/mol. The van der Waals surface area contributed by atoms with Gasteiger partial charge in [0.05, 0.1) is 5.71 Å². The quantitative estimate of drug-likeness (QED) is 0.666. The molecule has 0 saturated heterocycles. The SMILES string of the molecule is CC1C(C(=O)Cl)=N[N-]C1(C)C.[Y]. The van der Waals surface area contributed by atoms with Gasteiger partial charge in [-0.25, -0.2) is 0 Å². The molecule has 0 saturated carbocycles. The van der Waals surface area contributed by atoms with E-state index in [1.165, 1.54) is 0 Å². The summed E-state index contributed by atoms with van der Waals surface area (Å²) >= 11 is 5.28. The number of hydrogen-bond acceptors (Lipinski definition) is 2. The molecule has 1 radical (unpaired) electrons. The molecule has 0 fully saturated rings. The van der Waals surface area contributed by atoms with Gasteiger partial charge in [-0.1, -0.05) is 26.3 Å². The molecule has 3 nitrogen and oxygen atoms in total. The summed E-state index contributed by atoms with van der Waals surface area (Å²) < 4.78 is 0. The Morgan fingerprint density at radius 3 is 2.33 bits per heavy atom. The molecule has 1 heterocycles. The largest absolute Gasteiger partial charge is 0.596 e. The van der Waals surface area contributed by atoms with Gasteiger partial charge >= 0.3 is 0 Å². The zero-order chi connectivity index (χ0) is 8.65. The Hall–Kier alpha value is 0.534. The zero-order valence-corrected chi connectivity index (χ0v) is 10.9. The number of halogens is 1. The van der Waals surface area contributed by atoms with Crippen LogP contribution in [0.3, 0.4) is 0 Å². The molecule has 0 aliphatic carbocycles. The number of carbonyl (C=O) groups excluding carboxylic acids is 1. The fraction of sp³-hybridized carbons (Fsp3) is 0.714. The molecule has 5 heteroatoms. The van der Waals surface area contributed by atoms with Crippen LogP contribution in [0.15, 0.2) is 5.10 Å². The number of hydrogen-bond donors (Lipinski definition) is 0. The van der Waals surface area contributed by atoms with Crippen molar-refractivity contribution >= 4 is 22.6 Å². The van der Waals surface area contributed by atoms with Gasteiger partial charge in [-0.3, -0.25) is 4.79 Å². The van der Waals surface area contributed by atoms with Gasteiger partial charge in [0.2, 0.25) is 0 Å². The van der Waals surface area contributed by atoms with Crippen molar-refractivity contribution < 1.29 is 37.5 Å². The maximum absolute atomic E-state index is 10.7. The molecule has 1 aliphatic heterocycles. The third-order valence-corrected chi connectivity index (χ3v) is 2.28. The van der Waals surface area contributed by atoms with E-state index in [4.69, 9.17) is 11.6 Å². The van der Waals surface area contributed by atoms with Gasteiger partial charge in [0, 0.05) is 32.7 Å². The molecule has 65 valence electrons. The Morgan fingerprint density at radius 1 is 1.67 bits per heavy atom. The number of carbonyl (C=O) groups is 1. The van der Waals surface area contributed by atoms with E-state index in [9.17, 15) is 4.79 Å². The van der Waals surface area contributed by atoms with Crippen molar-refractivity contribution in [1.82, 2.24) is 0 Å². The molecule has 0 bridgehead atoms. The first-order chi connectivity index (χ1) is 4.95. The van der Waals surface area contributed by atoms with Crippen LogP contribution in [0, 0.1) is 5.92 Å². The molecule has 1 unspecified atom stereocenters. The van der Waals surface area contributed by atoms with E-state index in [-0.39, 0.29) is 44.2 Å². The van der Waals surface area contributed by atoms with Crippen LogP contribution in [0.1, 0.15) is 20.8 Å². The van der Waals surface area contributed by atoms with Crippen LogP contribution in [0.25, 0.3) is 5.43 Å². The predicted octanol–water partition coefficient (Wildman–Crippen LogP) is 1.91. The molecule has 0 amide bonds. The fourth-order valence-corrected chi connectivity index (χ4v) is 1.10. The predicted molar refractivity (Wildman–Crippen MR) is 44.9 cm³/mol. The van der Waals surface area contributed by atoms with Crippen molar-refractivity contribution in [2.24, 2.45) is 11.0 Å². The van der Waals surface area contributed by atoms with E-state index in [0.29, 0.717) is 5.71 Å². The van der Waals surface area contributed by atoms with Gasteiger partial charge in [0.25, 0.3) is 5.24 Å². The Balaban J connectivity index is 0.00000121. The first kappa shape index (κ1) is 12.5. The van der Waals surface area contributed by atoms with E-state index in [1.807, 2.05) is 20.8 Å². The third-order valence-electron chi connectivity index (χ3n) is 2.09. The molecule has 0 aromatic rings. The minimum absolute atomic E-state index is 0. The fourth-order valence-electron chi connectivity index (χ4n) is 0.900. The summed E-state index contributed by atoms with van der Waals surface area (Å²) in [5.41, 5.74) is 4.03. The van der Waals surface area contributed by atoms with Crippen LogP contribution < -0.4 is 0 Å². The zero-order valence-electron chi connectivity index (χ0n) is 7.34. The standard InChI is InChI=1S/C7H11ClN2O.Y/c1-4-5(6(8)11)9-10-7(4,2)3;/h4H,1-3H3,(H,10,11);/p-1. The molecule has 0 N–H and O–H groups in total. The Labute approximate surface area is 102 Å². The molecular formula is C7H10ClN2OY-. The van der Waals surface area contributed by atoms with Crippen molar-refractivity contribution in [3.63, 3.8) is 0 Å². The monoisotopic (exact) mass is 262 g/mol. The van der Waals surface area contributed by atoms with Gasteiger partial charge in [0.15, 0.2) is 0 Å².